The molecular formula is C17H24N4. The van der Waals surface area contributed by atoms with Crippen LogP contribution in [0.1, 0.15) is 37.0 Å². The number of aryl methyl sites for hydroxylation is 2. The lowest BCUT2D eigenvalue weighted by Gasteiger charge is -2.26. The van der Waals surface area contributed by atoms with E-state index in [1.165, 1.54) is 5.56 Å². The van der Waals surface area contributed by atoms with E-state index >= 15 is 0 Å². The molecule has 0 N–H and O–H groups in total. The summed E-state index contributed by atoms with van der Waals surface area (Å²) in [5.74, 6) is 2.48. The summed E-state index contributed by atoms with van der Waals surface area (Å²) >= 11 is 0. The smallest absolute Gasteiger partial charge is 0.147 e. The van der Waals surface area contributed by atoms with Gasteiger partial charge in [-0.25, -0.2) is 4.98 Å². The summed E-state index contributed by atoms with van der Waals surface area (Å²) in [7, 11) is 1.98. The second kappa shape index (κ2) is 5.26. The number of nitrogens with zero attached hydrogens (tertiary/aromatic N) is 4. The average molecular weight is 284 g/mol. The SMILES string of the molecule is Cc1nc(CN2C[C@H](c3ccccc3)C(C)(C)C2)n(C)n1. The van der Waals surface area contributed by atoms with Gasteiger partial charge in [-0.2, -0.15) is 5.10 Å². The first-order chi connectivity index (χ1) is 9.95. The van der Waals surface area contributed by atoms with Crippen LogP contribution in [0.15, 0.2) is 30.3 Å². The van der Waals surface area contributed by atoms with Crippen molar-refractivity contribution in [2.75, 3.05) is 13.1 Å². The fourth-order valence-electron chi connectivity index (χ4n) is 3.51. The topological polar surface area (TPSA) is 34.0 Å². The second-order valence-electron chi connectivity index (χ2n) is 6.82. The van der Waals surface area contributed by atoms with Crippen LogP contribution in [-0.2, 0) is 13.6 Å². The van der Waals surface area contributed by atoms with E-state index in [-0.39, 0.29) is 5.41 Å². The average Bonchev–Trinajstić information content (AvgIpc) is 2.90. The lowest BCUT2D eigenvalue weighted by atomic mass is 9.78. The number of rotatable bonds is 3. The summed E-state index contributed by atoms with van der Waals surface area (Å²) in [4.78, 5) is 7.03. The quantitative estimate of drug-likeness (QED) is 0.869. The van der Waals surface area contributed by atoms with Gasteiger partial charge < -0.3 is 0 Å². The maximum Gasteiger partial charge on any atom is 0.147 e. The zero-order chi connectivity index (χ0) is 15.0. The molecule has 1 aliphatic heterocycles. The molecule has 0 saturated carbocycles. The maximum atomic E-state index is 4.53. The normalized spacial score (nSPS) is 21.8. The Morgan fingerprint density at radius 1 is 1.24 bits per heavy atom. The Morgan fingerprint density at radius 3 is 2.57 bits per heavy atom. The molecule has 0 amide bonds. The molecule has 4 nitrogen and oxygen atoms in total. The number of hydrogen-bond donors (Lipinski definition) is 0. The first-order valence-electron chi connectivity index (χ1n) is 7.59. The number of hydrogen-bond acceptors (Lipinski definition) is 3. The molecule has 3 rings (SSSR count). The Balaban J connectivity index is 1.77. The van der Waals surface area contributed by atoms with E-state index in [0.29, 0.717) is 5.92 Å². The molecular weight excluding hydrogens is 260 g/mol. The highest BCUT2D eigenvalue weighted by molar-refractivity contribution is 5.24. The monoisotopic (exact) mass is 284 g/mol. The summed E-state index contributed by atoms with van der Waals surface area (Å²) in [6.45, 7) is 9.74. The molecule has 0 radical (unpaired) electrons. The van der Waals surface area contributed by atoms with Crippen LogP contribution in [0, 0.1) is 12.3 Å². The third kappa shape index (κ3) is 2.86. The molecule has 0 aliphatic carbocycles. The van der Waals surface area contributed by atoms with Crippen molar-refractivity contribution in [2.45, 2.75) is 33.2 Å². The van der Waals surface area contributed by atoms with Gasteiger partial charge in [0.25, 0.3) is 0 Å². The standard InChI is InChI=1S/C17H24N4/c1-13-18-16(20(4)19-13)11-21-10-15(17(2,3)12-21)14-8-6-5-7-9-14/h5-9,15H,10-12H2,1-4H3/t15-/m1/s1. The van der Waals surface area contributed by atoms with Gasteiger partial charge in [-0.3, -0.25) is 9.58 Å². The maximum absolute atomic E-state index is 4.53. The third-order valence-electron chi connectivity index (χ3n) is 4.54. The van der Waals surface area contributed by atoms with Gasteiger partial charge in [0, 0.05) is 26.1 Å². The molecule has 1 aromatic carbocycles. The fourth-order valence-corrected chi connectivity index (χ4v) is 3.51. The van der Waals surface area contributed by atoms with Crippen molar-refractivity contribution in [1.29, 1.82) is 0 Å². The first kappa shape index (κ1) is 14.3. The predicted octanol–water partition coefficient (Wildman–Crippen LogP) is 2.75. The number of benzene rings is 1. The van der Waals surface area contributed by atoms with E-state index in [1.807, 2.05) is 18.7 Å². The molecule has 1 aromatic heterocycles. The highest BCUT2D eigenvalue weighted by Gasteiger charge is 2.40. The molecule has 2 aromatic rings. The highest BCUT2D eigenvalue weighted by Crippen LogP contribution is 2.42. The summed E-state index contributed by atoms with van der Waals surface area (Å²) in [6, 6.07) is 10.9. The largest absolute Gasteiger partial charge is 0.295 e. The van der Waals surface area contributed by atoms with E-state index in [4.69, 9.17) is 0 Å². The minimum atomic E-state index is 0.287. The van der Waals surface area contributed by atoms with Gasteiger partial charge in [-0.05, 0) is 17.9 Å². The summed E-state index contributed by atoms with van der Waals surface area (Å²) in [5, 5.41) is 4.35. The molecule has 112 valence electrons. The van der Waals surface area contributed by atoms with Gasteiger partial charge in [-0.1, -0.05) is 44.2 Å². The van der Waals surface area contributed by atoms with E-state index in [2.05, 4.69) is 59.2 Å². The van der Waals surface area contributed by atoms with Crippen molar-refractivity contribution >= 4 is 0 Å². The highest BCUT2D eigenvalue weighted by atomic mass is 15.3. The van der Waals surface area contributed by atoms with E-state index in [9.17, 15) is 0 Å². The van der Waals surface area contributed by atoms with E-state index in [1.54, 1.807) is 0 Å². The van der Waals surface area contributed by atoms with E-state index < -0.39 is 0 Å². The summed E-state index contributed by atoms with van der Waals surface area (Å²) in [5.41, 5.74) is 1.73. The van der Waals surface area contributed by atoms with Crippen molar-refractivity contribution < 1.29 is 0 Å². The number of aromatic nitrogens is 3. The van der Waals surface area contributed by atoms with Crippen molar-refractivity contribution in [1.82, 2.24) is 19.7 Å². The van der Waals surface area contributed by atoms with Gasteiger partial charge >= 0.3 is 0 Å². The van der Waals surface area contributed by atoms with Gasteiger partial charge in [0.15, 0.2) is 0 Å². The lowest BCUT2D eigenvalue weighted by Crippen LogP contribution is -2.24. The molecule has 0 bridgehead atoms. The minimum absolute atomic E-state index is 0.287. The molecule has 1 fully saturated rings. The minimum Gasteiger partial charge on any atom is -0.295 e. The second-order valence-corrected chi connectivity index (χ2v) is 6.82. The Morgan fingerprint density at radius 2 is 1.95 bits per heavy atom. The van der Waals surface area contributed by atoms with Crippen molar-refractivity contribution in [2.24, 2.45) is 12.5 Å². The van der Waals surface area contributed by atoms with Crippen LogP contribution >= 0.6 is 0 Å². The van der Waals surface area contributed by atoms with Gasteiger partial charge in [0.2, 0.25) is 0 Å². The molecule has 1 aliphatic rings. The van der Waals surface area contributed by atoms with Crippen molar-refractivity contribution in [3.63, 3.8) is 0 Å². The Kier molecular flexibility index (Phi) is 3.57. The van der Waals surface area contributed by atoms with Crippen LogP contribution in [0.25, 0.3) is 0 Å². The zero-order valence-corrected chi connectivity index (χ0v) is 13.4. The van der Waals surface area contributed by atoms with Crippen LogP contribution in [0.5, 0.6) is 0 Å². The molecule has 2 heterocycles. The van der Waals surface area contributed by atoms with Gasteiger partial charge in [0.05, 0.1) is 6.54 Å². The molecule has 4 heteroatoms. The Bertz CT molecular complexity index is 615. The van der Waals surface area contributed by atoms with Gasteiger partial charge in [-0.15, -0.1) is 0 Å². The van der Waals surface area contributed by atoms with Crippen LogP contribution in [0.3, 0.4) is 0 Å². The summed E-state index contributed by atoms with van der Waals surface area (Å²) < 4.78 is 1.90. The Hall–Kier alpha value is -1.68. The molecule has 21 heavy (non-hydrogen) atoms. The molecule has 0 unspecified atom stereocenters. The van der Waals surface area contributed by atoms with Crippen LogP contribution in [-0.4, -0.2) is 32.8 Å². The van der Waals surface area contributed by atoms with Crippen molar-refractivity contribution in [3.05, 3.63) is 47.5 Å². The van der Waals surface area contributed by atoms with Crippen LogP contribution in [0.4, 0.5) is 0 Å². The van der Waals surface area contributed by atoms with Crippen LogP contribution < -0.4 is 0 Å². The molecule has 1 saturated heterocycles. The number of likely N-dealkylation sites (tertiary alicyclic amines) is 1. The van der Waals surface area contributed by atoms with Crippen molar-refractivity contribution in [3.8, 4) is 0 Å². The predicted molar refractivity (Wildman–Crippen MR) is 84.0 cm³/mol. The zero-order valence-electron chi connectivity index (χ0n) is 13.4. The Labute approximate surface area is 126 Å². The fraction of sp³-hybridized carbons (Fsp3) is 0.529. The molecule has 0 spiro atoms. The third-order valence-corrected chi connectivity index (χ3v) is 4.54. The van der Waals surface area contributed by atoms with Gasteiger partial charge in [0.1, 0.15) is 11.6 Å². The lowest BCUT2D eigenvalue weighted by molar-refractivity contribution is 0.273. The van der Waals surface area contributed by atoms with Crippen LogP contribution in [0.2, 0.25) is 0 Å². The first-order valence-corrected chi connectivity index (χ1v) is 7.59. The summed E-state index contributed by atoms with van der Waals surface area (Å²) in [6.07, 6.45) is 0. The van der Waals surface area contributed by atoms with E-state index in [0.717, 1.165) is 31.3 Å². The molecule has 1 atom stereocenters.